The van der Waals surface area contributed by atoms with Gasteiger partial charge in [-0.25, -0.2) is 0 Å². The average Bonchev–Trinajstić information content (AvgIpc) is 2.91. The molecular formula is C15H29N3O. The van der Waals surface area contributed by atoms with Gasteiger partial charge in [0.15, 0.2) is 0 Å². The van der Waals surface area contributed by atoms with Crippen LogP contribution in [0.1, 0.15) is 45.4 Å². The maximum atomic E-state index is 12.3. The van der Waals surface area contributed by atoms with Crippen LogP contribution in [0.4, 0.5) is 0 Å². The van der Waals surface area contributed by atoms with Crippen molar-refractivity contribution in [3.63, 3.8) is 0 Å². The van der Waals surface area contributed by atoms with E-state index in [1.807, 2.05) is 0 Å². The van der Waals surface area contributed by atoms with E-state index in [0.29, 0.717) is 6.54 Å². The molecule has 1 heterocycles. The molecule has 2 fully saturated rings. The fourth-order valence-electron chi connectivity index (χ4n) is 3.38. The van der Waals surface area contributed by atoms with Gasteiger partial charge in [-0.1, -0.05) is 19.8 Å². The summed E-state index contributed by atoms with van der Waals surface area (Å²) in [6, 6.07) is 0. The molecule has 19 heavy (non-hydrogen) atoms. The first-order chi connectivity index (χ1) is 9.16. The molecule has 3 N–H and O–H groups in total. The predicted octanol–water partition coefficient (Wildman–Crippen LogP) is 1.35. The van der Waals surface area contributed by atoms with E-state index in [2.05, 4.69) is 17.1 Å². The van der Waals surface area contributed by atoms with Crippen molar-refractivity contribution in [2.45, 2.75) is 45.4 Å². The minimum Gasteiger partial charge on any atom is -0.354 e. The van der Waals surface area contributed by atoms with E-state index in [1.54, 1.807) is 0 Å². The van der Waals surface area contributed by atoms with Crippen LogP contribution in [-0.4, -0.2) is 43.5 Å². The smallest absolute Gasteiger partial charge is 0.227 e. The van der Waals surface area contributed by atoms with Crippen LogP contribution >= 0.6 is 0 Å². The number of piperidine rings is 1. The number of hydrogen-bond donors (Lipinski definition) is 2. The van der Waals surface area contributed by atoms with Crippen LogP contribution in [0.25, 0.3) is 0 Å². The van der Waals surface area contributed by atoms with Gasteiger partial charge in [0, 0.05) is 19.6 Å². The van der Waals surface area contributed by atoms with Crippen molar-refractivity contribution in [3.05, 3.63) is 0 Å². The molecule has 1 aliphatic carbocycles. The molecule has 1 amide bonds. The molecule has 0 unspecified atom stereocenters. The van der Waals surface area contributed by atoms with Gasteiger partial charge in [0.25, 0.3) is 0 Å². The fourth-order valence-corrected chi connectivity index (χ4v) is 3.38. The Morgan fingerprint density at radius 2 is 1.95 bits per heavy atom. The third-order valence-electron chi connectivity index (χ3n) is 5.02. The lowest BCUT2D eigenvalue weighted by Gasteiger charge is -2.31. The Hall–Kier alpha value is -0.610. The van der Waals surface area contributed by atoms with Gasteiger partial charge in [-0.15, -0.1) is 0 Å². The molecule has 1 aliphatic heterocycles. The molecule has 0 radical (unpaired) electrons. The van der Waals surface area contributed by atoms with Gasteiger partial charge in [0.05, 0.1) is 5.41 Å². The maximum absolute atomic E-state index is 12.3. The molecule has 0 spiro atoms. The summed E-state index contributed by atoms with van der Waals surface area (Å²) in [5.41, 5.74) is 5.57. The summed E-state index contributed by atoms with van der Waals surface area (Å²) in [4.78, 5) is 14.7. The van der Waals surface area contributed by atoms with Crippen molar-refractivity contribution >= 4 is 5.91 Å². The van der Waals surface area contributed by atoms with Gasteiger partial charge in [-0.05, 0) is 44.7 Å². The monoisotopic (exact) mass is 267 g/mol. The number of hydrogen-bond acceptors (Lipinski definition) is 3. The first-order valence-corrected chi connectivity index (χ1v) is 7.87. The Kier molecular flexibility index (Phi) is 5.22. The Morgan fingerprint density at radius 1 is 1.32 bits per heavy atom. The minimum atomic E-state index is -0.254. The average molecular weight is 267 g/mol. The largest absolute Gasteiger partial charge is 0.354 e. The highest BCUT2D eigenvalue weighted by Crippen LogP contribution is 2.37. The second-order valence-electron chi connectivity index (χ2n) is 6.47. The highest BCUT2D eigenvalue weighted by Gasteiger charge is 2.39. The van der Waals surface area contributed by atoms with Gasteiger partial charge in [-0.2, -0.15) is 0 Å². The van der Waals surface area contributed by atoms with Gasteiger partial charge in [-0.3, -0.25) is 4.79 Å². The van der Waals surface area contributed by atoms with Crippen molar-refractivity contribution in [2.24, 2.45) is 17.1 Å². The van der Waals surface area contributed by atoms with E-state index in [4.69, 9.17) is 5.73 Å². The number of nitrogens with one attached hydrogen (secondary N) is 1. The molecule has 0 bridgehead atoms. The zero-order chi connectivity index (χ0) is 13.7. The molecule has 4 nitrogen and oxygen atoms in total. The molecule has 2 aliphatic rings. The zero-order valence-electron chi connectivity index (χ0n) is 12.3. The van der Waals surface area contributed by atoms with Gasteiger partial charge >= 0.3 is 0 Å². The van der Waals surface area contributed by atoms with E-state index < -0.39 is 0 Å². The number of nitrogens with two attached hydrogens (primary N) is 1. The molecule has 4 heteroatoms. The van der Waals surface area contributed by atoms with Crippen molar-refractivity contribution in [2.75, 3.05) is 32.7 Å². The normalized spacial score (nSPS) is 24.5. The SMILES string of the molecule is CC1CCN(CCNC(=O)C2(CN)CCCC2)CC1. The Morgan fingerprint density at radius 3 is 2.53 bits per heavy atom. The Labute approximate surface area is 117 Å². The highest BCUT2D eigenvalue weighted by molar-refractivity contribution is 5.83. The topological polar surface area (TPSA) is 58.4 Å². The van der Waals surface area contributed by atoms with E-state index in [0.717, 1.165) is 44.7 Å². The number of carbonyl (C=O) groups excluding carboxylic acids is 1. The summed E-state index contributed by atoms with van der Waals surface area (Å²) in [6.45, 7) is 6.94. The lowest BCUT2D eigenvalue weighted by molar-refractivity contribution is -0.130. The van der Waals surface area contributed by atoms with Crippen LogP contribution in [0.15, 0.2) is 0 Å². The number of nitrogens with zero attached hydrogens (tertiary/aromatic N) is 1. The molecule has 0 atom stereocenters. The maximum Gasteiger partial charge on any atom is 0.227 e. The van der Waals surface area contributed by atoms with Crippen molar-refractivity contribution < 1.29 is 4.79 Å². The van der Waals surface area contributed by atoms with Crippen LogP contribution in [0.2, 0.25) is 0 Å². The molecular weight excluding hydrogens is 238 g/mol. The second-order valence-corrected chi connectivity index (χ2v) is 6.47. The molecule has 1 saturated carbocycles. The van der Waals surface area contributed by atoms with Crippen LogP contribution in [0.3, 0.4) is 0 Å². The van der Waals surface area contributed by atoms with Gasteiger partial charge in [0.2, 0.25) is 5.91 Å². The van der Waals surface area contributed by atoms with Crippen molar-refractivity contribution in [1.29, 1.82) is 0 Å². The van der Waals surface area contributed by atoms with E-state index in [9.17, 15) is 4.79 Å². The fraction of sp³-hybridized carbons (Fsp3) is 0.933. The third-order valence-corrected chi connectivity index (χ3v) is 5.02. The first-order valence-electron chi connectivity index (χ1n) is 7.87. The van der Waals surface area contributed by atoms with E-state index >= 15 is 0 Å². The number of likely N-dealkylation sites (tertiary alicyclic amines) is 1. The number of rotatable bonds is 5. The molecule has 2 rings (SSSR count). The minimum absolute atomic E-state index is 0.192. The Bertz CT molecular complexity index is 292. The predicted molar refractivity (Wildman–Crippen MR) is 77.8 cm³/mol. The molecule has 0 aromatic heterocycles. The van der Waals surface area contributed by atoms with Crippen molar-refractivity contribution in [1.82, 2.24) is 10.2 Å². The summed E-state index contributed by atoms with van der Waals surface area (Å²) < 4.78 is 0. The Balaban J connectivity index is 1.69. The summed E-state index contributed by atoms with van der Waals surface area (Å²) in [5, 5.41) is 3.11. The van der Waals surface area contributed by atoms with E-state index in [-0.39, 0.29) is 11.3 Å². The summed E-state index contributed by atoms with van der Waals surface area (Å²) in [7, 11) is 0. The van der Waals surface area contributed by atoms with Gasteiger partial charge in [0.1, 0.15) is 0 Å². The third kappa shape index (κ3) is 3.69. The molecule has 110 valence electrons. The molecule has 1 saturated heterocycles. The lowest BCUT2D eigenvalue weighted by Crippen LogP contribution is -2.47. The highest BCUT2D eigenvalue weighted by atomic mass is 16.2. The summed E-state index contributed by atoms with van der Waals surface area (Å²) in [6.07, 6.45) is 6.82. The molecule has 0 aromatic rings. The van der Waals surface area contributed by atoms with Crippen LogP contribution in [0, 0.1) is 11.3 Å². The lowest BCUT2D eigenvalue weighted by atomic mass is 9.85. The van der Waals surface area contributed by atoms with Crippen LogP contribution < -0.4 is 11.1 Å². The number of carbonyl (C=O) groups is 1. The summed E-state index contributed by atoms with van der Waals surface area (Å²) >= 11 is 0. The van der Waals surface area contributed by atoms with Crippen molar-refractivity contribution in [3.8, 4) is 0 Å². The zero-order valence-corrected chi connectivity index (χ0v) is 12.3. The van der Waals surface area contributed by atoms with Gasteiger partial charge < -0.3 is 16.0 Å². The molecule has 0 aromatic carbocycles. The first kappa shape index (κ1) is 14.8. The standard InChI is InChI=1S/C15H29N3O/c1-13-4-9-18(10-5-13)11-8-17-14(19)15(12-16)6-2-3-7-15/h13H,2-12,16H2,1H3,(H,17,19). The van der Waals surface area contributed by atoms with E-state index in [1.165, 1.54) is 25.9 Å². The van der Waals surface area contributed by atoms with Crippen LogP contribution in [-0.2, 0) is 4.79 Å². The summed E-state index contributed by atoms with van der Waals surface area (Å²) in [5.74, 6) is 1.06. The number of amides is 1. The quantitative estimate of drug-likeness (QED) is 0.790. The second kappa shape index (κ2) is 6.71. The van der Waals surface area contributed by atoms with Crippen LogP contribution in [0.5, 0.6) is 0 Å².